The quantitative estimate of drug-likeness (QED) is 0.784. The summed E-state index contributed by atoms with van der Waals surface area (Å²) >= 11 is 0. The molecule has 1 saturated carbocycles. The van der Waals surface area contributed by atoms with Crippen molar-refractivity contribution in [2.24, 2.45) is 23.5 Å². The molecule has 18 heavy (non-hydrogen) atoms. The fourth-order valence-electron chi connectivity index (χ4n) is 2.82. The van der Waals surface area contributed by atoms with Crippen LogP contribution in [-0.2, 0) is 9.53 Å². The van der Waals surface area contributed by atoms with Crippen LogP contribution in [0, 0.1) is 17.8 Å². The largest absolute Gasteiger partial charge is 0.383 e. The van der Waals surface area contributed by atoms with Crippen LogP contribution in [0.25, 0.3) is 0 Å². The molecule has 4 nitrogen and oxygen atoms in total. The van der Waals surface area contributed by atoms with E-state index in [1.807, 2.05) is 0 Å². The molecule has 1 fully saturated rings. The van der Waals surface area contributed by atoms with Crippen molar-refractivity contribution >= 4 is 5.91 Å². The summed E-state index contributed by atoms with van der Waals surface area (Å²) in [5, 5.41) is 3.08. The Morgan fingerprint density at radius 1 is 1.39 bits per heavy atom. The van der Waals surface area contributed by atoms with Crippen LogP contribution in [-0.4, -0.2) is 31.7 Å². The van der Waals surface area contributed by atoms with E-state index in [9.17, 15) is 4.79 Å². The molecule has 0 bridgehead atoms. The maximum atomic E-state index is 12.3. The molecule has 0 aromatic rings. The van der Waals surface area contributed by atoms with Gasteiger partial charge in [-0.2, -0.15) is 0 Å². The highest BCUT2D eigenvalue weighted by molar-refractivity contribution is 5.79. The average Bonchev–Trinajstić information content (AvgIpc) is 2.33. The molecule has 0 saturated heterocycles. The first-order valence-corrected chi connectivity index (χ1v) is 7.04. The predicted octanol–water partition coefficient (Wildman–Crippen LogP) is 1.54. The number of carbonyl (C=O) groups excluding carboxylic acids is 1. The number of nitrogens with one attached hydrogen (secondary N) is 1. The van der Waals surface area contributed by atoms with Gasteiger partial charge in [0.2, 0.25) is 5.91 Å². The summed E-state index contributed by atoms with van der Waals surface area (Å²) in [6, 6.07) is 0.268. The van der Waals surface area contributed by atoms with Crippen molar-refractivity contribution in [1.29, 1.82) is 0 Å². The molecule has 3 N–H and O–H groups in total. The van der Waals surface area contributed by atoms with Crippen LogP contribution in [0.4, 0.5) is 0 Å². The molecule has 0 spiro atoms. The van der Waals surface area contributed by atoms with Crippen molar-refractivity contribution in [3.05, 3.63) is 0 Å². The molecule has 5 atom stereocenters. The Hall–Kier alpha value is -0.610. The zero-order valence-corrected chi connectivity index (χ0v) is 12.1. The highest BCUT2D eigenvalue weighted by Gasteiger charge is 2.35. The molecule has 1 aliphatic rings. The summed E-state index contributed by atoms with van der Waals surface area (Å²) in [4.78, 5) is 12.3. The second kappa shape index (κ2) is 7.10. The fourth-order valence-corrected chi connectivity index (χ4v) is 2.82. The molecule has 0 heterocycles. The topological polar surface area (TPSA) is 64.3 Å². The van der Waals surface area contributed by atoms with Gasteiger partial charge in [-0.1, -0.05) is 20.8 Å². The van der Waals surface area contributed by atoms with Crippen molar-refractivity contribution in [2.45, 2.75) is 52.1 Å². The lowest BCUT2D eigenvalue weighted by molar-refractivity contribution is -0.129. The summed E-state index contributed by atoms with van der Waals surface area (Å²) in [6.07, 6.45) is 2.74. The molecular weight excluding hydrogens is 228 g/mol. The van der Waals surface area contributed by atoms with Crippen LogP contribution in [0.1, 0.15) is 40.0 Å². The van der Waals surface area contributed by atoms with Gasteiger partial charge in [-0.25, -0.2) is 0 Å². The van der Waals surface area contributed by atoms with Crippen molar-refractivity contribution in [3.8, 4) is 0 Å². The molecule has 4 heteroatoms. The number of carbonyl (C=O) groups is 1. The SMILES string of the molecule is CCC(COC)NC(=O)C1CC(N)C(C)CC1C. The minimum atomic E-state index is 0.0575. The van der Waals surface area contributed by atoms with Crippen LogP contribution < -0.4 is 11.1 Å². The highest BCUT2D eigenvalue weighted by atomic mass is 16.5. The Kier molecular flexibility index (Phi) is 6.09. The first-order chi connectivity index (χ1) is 8.49. The standard InChI is InChI=1S/C14H28N2O2/c1-5-11(8-18-4)16-14(17)12-7-13(15)10(3)6-9(12)2/h9-13H,5-8,15H2,1-4H3,(H,16,17). The van der Waals surface area contributed by atoms with Gasteiger partial charge < -0.3 is 15.8 Å². The molecule has 0 aromatic carbocycles. The van der Waals surface area contributed by atoms with E-state index in [1.54, 1.807) is 7.11 Å². The number of hydrogen-bond donors (Lipinski definition) is 2. The smallest absolute Gasteiger partial charge is 0.223 e. The van der Waals surface area contributed by atoms with Gasteiger partial charge in [-0.05, 0) is 31.1 Å². The second-order valence-corrected chi connectivity index (χ2v) is 5.77. The Labute approximate surface area is 111 Å². The maximum absolute atomic E-state index is 12.3. The van der Waals surface area contributed by atoms with Crippen LogP contribution >= 0.6 is 0 Å². The van der Waals surface area contributed by atoms with Crippen LogP contribution in [0.2, 0.25) is 0 Å². The van der Waals surface area contributed by atoms with Gasteiger partial charge in [0, 0.05) is 19.1 Å². The van der Waals surface area contributed by atoms with E-state index >= 15 is 0 Å². The van der Waals surface area contributed by atoms with Crippen molar-refractivity contribution in [3.63, 3.8) is 0 Å². The first kappa shape index (κ1) is 15.4. The monoisotopic (exact) mass is 256 g/mol. The first-order valence-electron chi connectivity index (χ1n) is 7.04. The summed E-state index contributed by atoms with van der Waals surface area (Å²) in [5.74, 6) is 1.14. The van der Waals surface area contributed by atoms with Crippen molar-refractivity contribution < 1.29 is 9.53 Å². The Balaban J connectivity index is 2.54. The van der Waals surface area contributed by atoms with E-state index in [0.29, 0.717) is 18.4 Å². The summed E-state index contributed by atoms with van der Waals surface area (Å²) in [7, 11) is 1.66. The molecule has 106 valence electrons. The van der Waals surface area contributed by atoms with Crippen LogP contribution in [0.5, 0.6) is 0 Å². The Bertz CT molecular complexity index is 271. The van der Waals surface area contributed by atoms with E-state index < -0.39 is 0 Å². The third kappa shape index (κ3) is 3.95. The fraction of sp³-hybridized carbons (Fsp3) is 0.929. The Morgan fingerprint density at radius 2 is 2.06 bits per heavy atom. The van der Waals surface area contributed by atoms with Crippen molar-refractivity contribution in [2.75, 3.05) is 13.7 Å². The van der Waals surface area contributed by atoms with Crippen LogP contribution in [0.3, 0.4) is 0 Å². The van der Waals surface area contributed by atoms with E-state index in [2.05, 4.69) is 26.1 Å². The van der Waals surface area contributed by atoms with Gasteiger partial charge in [0.1, 0.15) is 0 Å². The molecule has 0 radical (unpaired) electrons. The summed E-state index contributed by atoms with van der Waals surface area (Å²) in [5.41, 5.74) is 6.09. The van der Waals surface area contributed by atoms with Gasteiger partial charge in [-0.3, -0.25) is 4.79 Å². The van der Waals surface area contributed by atoms with Gasteiger partial charge in [0.25, 0.3) is 0 Å². The molecule has 1 amide bonds. The van der Waals surface area contributed by atoms with E-state index in [0.717, 1.165) is 19.3 Å². The molecule has 1 aliphatic carbocycles. The lowest BCUT2D eigenvalue weighted by Gasteiger charge is -2.36. The normalized spacial score (nSPS) is 34.1. The molecule has 1 rings (SSSR count). The third-order valence-corrected chi connectivity index (χ3v) is 4.23. The predicted molar refractivity (Wildman–Crippen MR) is 73.1 cm³/mol. The number of rotatable bonds is 5. The van der Waals surface area contributed by atoms with E-state index in [-0.39, 0.29) is 23.9 Å². The highest BCUT2D eigenvalue weighted by Crippen LogP contribution is 2.33. The van der Waals surface area contributed by atoms with E-state index in [1.165, 1.54) is 0 Å². The lowest BCUT2D eigenvalue weighted by atomic mass is 9.72. The molecular formula is C14H28N2O2. The minimum Gasteiger partial charge on any atom is -0.383 e. The Morgan fingerprint density at radius 3 is 2.61 bits per heavy atom. The second-order valence-electron chi connectivity index (χ2n) is 5.77. The van der Waals surface area contributed by atoms with Gasteiger partial charge in [-0.15, -0.1) is 0 Å². The van der Waals surface area contributed by atoms with Crippen molar-refractivity contribution in [1.82, 2.24) is 5.32 Å². The number of ether oxygens (including phenoxy) is 1. The number of hydrogen-bond acceptors (Lipinski definition) is 3. The minimum absolute atomic E-state index is 0.0575. The lowest BCUT2D eigenvalue weighted by Crippen LogP contribution is -2.48. The third-order valence-electron chi connectivity index (χ3n) is 4.23. The average molecular weight is 256 g/mol. The zero-order chi connectivity index (χ0) is 13.7. The van der Waals surface area contributed by atoms with E-state index in [4.69, 9.17) is 10.5 Å². The van der Waals surface area contributed by atoms with Crippen LogP contribution in [0.15, 0.2) is 0 Å². The number of amides is 1. The molecule has 0 aromatic heterocycles. The molecule has 5 unspecified atom stereocenters. The zero-order valence-electron chi connectivity index (χ0n) is 12.1. The summed E-state index contributed by atoms with van der Waals surface area (Å²) in [6.45, 7) is 6.97. The number of methoxy groups -OCH3 is 1. The summed E-state index contributed by atoms with van der Waals surface area (Å²) < 4.78 is 5.11. The van der Waals surface area contributed by atoms with Gasteiger partial charge in [0.15, 0.2) is 0 Å². The van der Waals surface area contributed by atoms with Gasteiger partial charge >= 0.3 is 0 Å². The number of nitrogens with two attached hydrogens (primary N) is 1. The maximum Gasteiger partial charge on any atom is 0.223 e. The van der Waals surface area contributed by atoms with Gasteiger partial charge in [0.05, 0.1) is 12.6 Å². The molecule has 0 aliphatic heterocycles.